The van der Waals surface area contributed by atoms with Crippen LogP contribution in [0.2, 0.25) is 0 Å². The van der Waals surface area contributed by atoms with Crippen molar-refractivity contribution in [2.24, 2.45) is 0 Å². The van der Waals surface area contributed by atoms with Gasteiger partial charge in [-0.2, -0.15) is 8.42 Å². The van der Waals surface area contributed by atoms with Gasteiger partial charge in [0.1, 0.15) is 24.4 Å². The lowest BCUT2D eigenvalue weighted by molar-refractivity contribution is -0.298. The van der Waals surface area contributed by atoms with E-state index in [0.29, 0.717) is 12.8 Å². The van der Waals surface area contributed by atoms with Gasteiger partial charge in [0, 0.05) is 6.42 Å². The van der Waals surface area contributed by atoms with Crippen LogP contribution in [-0.4, -0.2) is 95.4 Å². The number of carbonyl (C=O) groups is 1. The van der Waals surface area contributed by atoms with Crippen LogP contribution in [0.3, 0.4) is 0 Å². The highest BCUT2D eigenvalue weighted by molar-refractivity contribution is 7.80. The first-order valence-corrected chi connectivity index (χ1v) is 21.3. The molecule has 1 saturated heterocycles. The fourth-order valence-electron chi connectivity index (χ4n) is 6.52. The smallest absolute Gasteiger partial charge is 0.394 e. The Morgan fingerprint density at radius 3 is 1.60 bits per heavy atom. The van der Waals surface area contributed by atoms with Gasteiger partial charge < -0.3 is 35.2 Å². The van der Waals surface area contributed by atoms with Gasteiger partial charge in [0.05, 0.1) is 25.4 Å². The van der Waals surface area contributed by atoms with Crippen molar-refractivity contribution in [1.29, 1.82) is 0 Å². The first-order valence-electron chi connectivity index (χ1n) is 19.9. The van der Waals surface area contributed by atoms with E-state index in [-0.39, 0.29) is 12.5 Å². The van der Waals surface area contributed by atoms with Gasteiger partial charge in [-0.1, -0.05) is 155 Å². The number of rotatable bonds is 33. The van der Waals surface area contributed by atoms with Crippen LogP contribution in [-0.2, 0) is 28.9 Å². The lowest BCUT2D eigenvalue weighted by Gasteiger charge is -2.41. The molecule has 6 N–H and O–H groups in total. The van der Waals surface area contributed by atoms with Crippen LogP contribution in [0, 0.1) is 0 Å². The van der Waals surface area contributed by atoms with Crippen LogP contribution in [0.1, 0.15) is 174 Å². The first-order chi connectivity index (χ1) is 24.0. The molecule has 1 heterocycles. The molecule has 1 rings (SSSR count). The van der Waals surface area contributed by atoms with Gasteiger partial charge >= 0.3 is 10.4 Å². The predicted molar refractivity (Wildman–Crippen MR) is 195 cm³/mol. The molecular weight excluding hydrogens is 666 g/mol. The molecule has 0 aromatic heterocycles. The summed E-state index contributed by atoms with van der Waals surface area (Å²) in [7, 11) is -5.06. The van der Waals surface area contributed by atoms with Crippen molar-refractivity contribution >= 4 is 16.3 Å². The first kappa shape index (κ1) is 47.1. The Morgan fingerprint density at radius 1 is 0.720 bits per heavy atom. The fourth-order valence-corrected chi connectivity index (χ4v) is 7.03. The predicted octanol–water partition coefficient (Wildman–Crippen LogP) is 6.27. The Bertz CT molecular complexity index is 925. The lowest BCUT2D eigenvalue weighted by atomic mass is 9.99. The van der Waals surface area contributed by atoms with Crippen molar-refractivity contribution in [3.8, 4) is 0 Å². The van der Waals surface area contributed by atoms with Crippen molar-refractivity contribution in [2.45, 2.75) is 217 Å². The molecule has 0 radical (unpaired) electrons. The van der Waals surface area contributed by atoms with Crippen LogP contribution in [0.4, 0.5) is 0 Å². The number of nitrogens with one attached hydrogen (secondary N) is 1. The number of carbonyl (C=O) groups excluding carboxylic acids is 1. The molecule has 0 aliphatic carbocycles. The van der Waals surface area contributed by atoms with E-state index in [0.717, 1.165) is 51.4 Å². The molecule has 298 valence electrons. The minimum Gasteiger partial charge on any atom is -0.394 e. The maximum absolute atomic E-state index is 12.9. The third-order valence-corrected chi connectivity index (χ3v) is 10.1. The SMILES string of the molecule is CCCCCCCCCCCCCCCC(O)C(COC1OC(CO)C(O)C(OS(=O)(=O)O)C1O)NC(=O)CCCCCCCCCCCC. The minimum absolute atomic E-state index is 0.232. The van der Waals surface area contributed by atoms with E-state index in [1.165, 1.54) is 96.3 Å². The number of aliphatic hydroxyl groups is 4. The molecule has 0 aromatic carbocycles. The summed E-state index contributed by atoms with van der Waals surface area (Å²) in [5, 5.41) is 44.6. The van der Waals surface area contributed by atoms with Gasteiger partial charge in [-0.15, -0.1) is 0 Å². The van der Waals surface area contributed by atoms with Crippen molar-refractivity contribution < 1.29 is 51.8 Å². The van der Waals surface area contributed by atoms with Gasteiger partial charge in [0.25, 0.3) is 0 Å². The highest BCUT2D eigenvalue weighted by Gasteiger charge is 2.48. The van der Waals surface area contributed by atoms with E-state index >= 15 is 0 Å². The Labute approximate surface area is 303 Å². The van der Waals surface area contributed by atoms with Crippen molar-refractivity contribution in [3.63, 3.8) is 0 Å². The van der Waals surface area contributed by atoms with Crippen LogP contribution >= 0.6 is 0 Å². The molecule has 0 aromatic rings. The van der Waals surface area contributed by atoms with Crippen LogP contribution in [0.5, 0.6) is 0 Å². The van der Waals surface area contributed by atoms with E-state index in [4.69, 9.17) is 14.0 Å². The molecule has 1 amide bonds. The third-order valence-electron chi connectivity index (χ3n) is 9.67. The molecule has 0 spiro atoms. The molecular formula is C37H73NO11S. The summed E-state index contributed by atoms with van der Waals surface area (Å²) in [6.07, 6.45) is 18.3. The molecule has 7 atom stereocenters. The van der Waals surface area contributed by atoms with E-state index in [1.807, 2.05) is 0 Å². The van der Waals surface area contributed by atoms with Gasteiger partial charge in [-0.25, -0.2) is 4.18 Å². The molecule has 13 heteroatoms. The summed E-state index contributed by atoms with van der Waals surface area (Å²) in [6.45, 7) is 3.40. The molecule has 1 fully saturated rings. The van der Waals surface area contributed by atoms with Gasteiger partial charge in [-0.3, -0.25) is 9.35 Å². The maximum Gasteiger partial charge on any atom is 0.397 e. The second-order valence-electron chi connectivity index (χ2n) is 14.2. The van der Waals surface area contributed by atoms with Crippen LogP contribution in [0.25, 0.3) is 0 Å². The zero-order valence-corrected chi connectivity index (χ0v) is 32.0. The van der Waals surface area contributed by atoms with Crippen molar-refractivity contribution in [2.75, 3.05) is 13.2 Å². The van der Waals surface area contributed by atoms with Gasteiger partial charge in [-0.05, 0) is 12.8 Å². The summed E-state index contributed by atoms with van der Waals surface area (Å²) in [5.41, 5.74) is 0. The second-order valence-corrected chi connectivity index (χ2v) is 15.3. The Kier molecular flexibility index (Phi) is 27.8. The van der Waals surface area contributed by atoms with Crippen LogP contribution in [0.15, 0.2) is 0 Å². The molecule has 0 bridgehead atoms. The highest BCUT2D eigenvalue weighted by Crippen LogP contribution is 2.26. The average molecular weight is 740 g/mol. The third kappa shape index (κ3) is 22.9. The maximum atomic E-state index is 12.9. The minimum atomic E-state index is -5.06. The van der Waals surface area contributed by atoms with Crippen molar-refractivity contribution in [1.82, 2.24) is 5.32 Å². The topological polar surface area (TPSA) is 192 Å². The second kappa shape index (κ2) is 29.5. The van der Waals surface area contributed by atoms with Crippen LogP contribution < -0.4 is 5.32 Å². The summed E-state index contributed by atoms with van der Waals surface area (Å²) < 4.78 is 47.4. The monoisotopic (exact) mass is 739 g/mol. The molecule has 0 saturated carbocycles. The Morgan fingerprint density at radius 2 is 1.16 bits per heavy atom. The van der Waals surface area contributed by atoms with Gasteiger partial charge in [0.2, 0.25) is 5.91 Å². The zero-order valence-electron chi connectivity index (χ0n) is 31.2. The standard InChI is InChI=1S/C37H73NO11S/c1-3-5-7-9-11-13-15-16-17-18-20-22-24-26-31(40)30(38-33(41)27-25-23-21-19-14-12-10-8-6-4-2)29-47-37-35(43)36(49-50(44,45)46)34(42)32(28-39)48-37/h30-32,34-37,39-40,42-43H,3-29H2,1-2H3,(H,38,41)(H,44,45,46). The lowest BCUT2D eigenvalue weighted by Crippen LogP contribution is -2.61. The number of hydrogen-bond donors (Lipinski definition) is 6. The summed E-state index contributed by atoms with van der Waals surface area (Å²) in [5.74, 6) is -0.232. The summed E-state index contributed by atoms with van der Waals surface area (Å²) in [6, 6.07) is -0.848. The van der Waals surface area contributed by atoms with E-state index in [1.54, 1.807) is 0 Å². The van der Waals surface area contributed by atoms with E-state index in [2.05, 4.69) is 23.3 Å². The highest BCUT2D eigenvalue weighted by atomic mass is 32.3. The van der Waals surface area contributed by atoms with Gasteiger partial charge in [0.15, 0.2) is 6.29 Å². The number of amides is 1. The number of unbranched alkanes of at least 4 members (excludes halogenated alkanes) is 21. The Hall–Kier alpha value is -0.900. The van der Waals surface area contributed by atoms with E-state index in [9.17, 15) is 33.6 Å². The fraction of sp³-hybridized carbons (Fsp3) is 0.973. The normalized spacial score (nSPS) is 22.4. The quantitative estimate of drug-likeness (QED) is 0.0329. The summed E-state index contributed by atoms with van der Waals surface area (Å²) >= 11 is 0. The summed E-state index contributed by atoms with van der Waals surface area (Å²) in [4.78, 5) is 12.9. The molecule has 1 aliphatic heterocycles. The van der Waals surface area contributed by atoms with E-state index < -0.39 is 59.9 Å². The number of aliphatic hydroxyl groups excluding tert-OH is 4. The van der Waals surface area contributed by atoms with Crippen molar-refractivity contribution in [3.05, 3.63) is 0 Å². The molecule has 50 heavy (non-hydrogen) atoms. The zero-order chi connectivity index (χ0) is 37.0. The largest absolute Gasteiger partial charge is 0.397 e. The number of ether oxygens (including phenoxy) is 2. The average Bonchev–Trinajstić information content (AvgIpc) is 3.08. The molecule has 12 nitrogen and oxygen atoms in total. The number of hydrogen-bond acceptors (Lipinski definition) is 10. The molecule has 7 unspecified atom stereocenters. The Balaban J connectivity index is 2.59. The molecule has 1 aliphatic rings.